The van der Waals surface area contributed by atoms with Crippen molar-refractivity contribution in [3.8, 4) is 22.9 Å². The first-order valence-corrected chi connectivity index (χ1v) is 17.0. The summed E-state index contributed by atoms with van der Waals surface area (Å²) in [7, 11) is 0. The molecule has 0 fully saturated rings. The minimum atomic E-state index is 0.662. The van der Waals surface area contributed by atoms with Crippen molar-refractivity contribution in [2.24, 2.45) is 0 Å². The van der Waals surface area contributed by atoms with E-state index in [9.17, 15) is 0 Å². The maximum Gasteiger partial charge on any atom is 0.235 e. The summed E-state index contributed by atoms with van der Waals surface area (Å²) < 4.78 is 4.69. The predicted molar refractivity (Wildman–Crippen MR) is 209 cm³/mol. The van der Waals surface area contributed by atoms with Gasteiger partial charge in [0.1, 0.15) is 0 Å². The molecule has 3 heterocycles. The third kappa shape index (κ3) is 3.81. The van der Waals surface area contributed by atoms with Gasteiger partial charge in [-0.25, -0.2) is 9.97 Å². The molecule has 232 valence electrons. The third-order valence-electron chi connectivity index (χ3n) is 10.3. The fourth-order valence-electron chi connectivity index (χ4n) is 8.11. The summed E-state index contributed by atoms with van der Waals surface area (Å²) in [6.07, 6.45) is 0. The molecule has 0 bridgehead atoms. The van der Waals surface area contributed by atoms with Crippen molar-refractivity contribution in [2.75, 3.05) is 0 Å². The van der Waals surface area contributed by atoms with E-state index in [4.69, 9.17) is 9.97 Å². The van der Waals surface area contributed by atoms with Crippen molar-refractivity contribution < 1.29 is 0 Å². The lowest BCUT2D eigenvalue weighted by Crippen LogP contribution is -2.03. The molecule has 0 N–H and O–H groups in total. The SMILES string of the molecule is c1ccc2c(-c3nc(-n4c5ccccc5c5cc6c(cc54)c4ccccc4n6-c4cccc5ccccc45)nc4ccccc34)cccc2c1. The van der Waals surface area contributed by atoms with E-state index in [1.165, 1.54) is 59.8 Å². The summed E-state index contributed by atoms with van der Waals surface area (Å²) in [5.41, 5.74) is 8.64. The second-order valence-electron chi connectivity index (χ2n) is 13.0. The van der Waals surface area contributed by atoms with Crippen LogP contribution in [0.2, 0.25) is 0 Å². The smallest absolute Gasteiger partial charge is 0.235 e. The van der Waals surface area contributed by atoms with Crippen LogP contribution in [0, 0.1) is 0 Å². The number of hydrogen-bond acceptors (Lipinski definition) is 2. The molecule has 0 unspecified atom stereocenters. The number of hydrogen-bond donors (Lipinski definition) is 0. The standard InChI is InChI=1S/C46H28N4/c1-3-17-31-29(13-1)15-11-22-35(31)45-36-21-5-8-23-39(36)47-46(48-45)50-42-25-10-7-20-34(42)38-27-43-37(28-44(38)50)33-19-6-9-24-41(33)49(43)40-26-12-16-30-14-2-4-18-32(30)40/h1-28H. The molecule has 0 amide bonds. The fraction of sp³-hybridized carbons (Fsp3) is 0. The van der Waals surface area contributed by atoms with Gasteiger partial charge in [-0.05, 0) is 52.6 Å². The molecule has 11 aromatic rings. The van der Waals surface area contributed by atoms with E-state index in [0.29, 0.717) is 5.95 Å². The van der Waals surface area contributed by atoms with Gasteiger partial charge in [0, 0.05) is 37.9 Å². The lowest BCUT2D eigenvalue weighted by Gasteiger charge is -2.13. The van der Waals surface area contributed by atoms with Crippen molar-refractivity contribution in [1.82, 2.24) is 19.1 Å². The molecule has 8 aromatic carbocycles. The minimum absolute atomic E-state index is 0.662. The fourth-order valence-corrected chi connectivity index (χ4v) is 8.11. The normalized spacial score (nSPS) is 12.0. The Bertz CT molecular complexity index is 3150. The Hall–Kier alpha value is -6.78. The Morgan fingerprint density at radius 1 is 0.340 bits per heavy atom. The van der Waals surface area contributed by atoms with Gasteiger partial charge in [0.25, 0.3) is 0 Å². The van der Waals surface area contributed by atoms with Gasteiger partial charge in [-0.2, -0.15) is 0 Å². The molecule has 0 radical (unpaired) electrons. The average Bonchev–Trinajstić information content (AvgIpc) is 3.68. The molecule has 3 aromatic heterocycles. The van der Waals surface area contributed by atoms with Crippen LogP contribution in [-0.2, 0) is 0 Å². The van der Waals surface area contributed by atoms with E-state index in [-0.39, 0.29) is 0 Å². The summed E-state index contributed by atoms with van der Waals surface area (Å²) in [6, 6.07) is 60.7. The molecule has 0 saturated carbocycles. The molecule has 0 saturated heterocycles. The van der Waals surface area contributed by atoms with Crippen LogP contribution < -0.4 is 0 Å². The third-order valence-corrected chi connectivity index (χ3v) is 10.3. The lowest BCUT2D eigenvalue weighted by molar-refractivity contribution is 1.01. The summed E-state index contributed by atoms with van der Waals surface area (Å²) in [5.74, 6) is 0.662. The topological polar surface area (TPSA) is 35.6 Å². The Labute approximate surface area is 287 Å². The van der Waals surface area contributed by atoms with Gasteiger partial charge in [0.15, 0.2) is 0 Å². The van der Waals surface area contributed by atoms with Crippen LogP contribution in [0.1, 0.15) is 0 Å². The van der Waals surface area contributed by atoms with Crippen molar-refractivity contribution in [3.05, 3.63) is 170 Å². The van der Waals surface area contributed by atoms with Gasteiger partial charge in [-0.3, -0.25) is 4.57 Å². The van der Waals surface area contributed by atoms with Crippen LogP contribution >= 0.6 is 0 Å². The molecule has 0 aliphatic carbocycles. The van der Waals surface area contributed by atoms with Gasteiger partial charge in [0.2, 0.25) is 5.95 Å². The van der Waals surface area contributed by atoms with E-state index in [1.807, 2.05) is 0 Å². The highest BCUT2D eigenvalue weighted by atomic mass is 15.2. The maximum absolute atomic E-state index is 5.44. The molecule has 50 heavy (non-hydrogen) atoms. The quantitative estimate of drug-likeness (QED) is 0.193. The summed E-state index contributed by atoms with van der Waals surface area (Å²) in [6.45, 7) is 0. The number of aromatic nitrogens is 4. The maximum atomic E-state index is 5.44. The zero-order valence-electron chi connectivity index (χ0n) is 27.0. The monoisotopic (exact) mass is 636 g/mol. The second kappa shape index (κ2) is 10.4. The summed E-state index contributed by atoms with van der Waals surface area (Å²) >= 11 is 0. The van der Waals surface area contributed by atoms with Gasteiger partial charge in [-0.15, -0.1) is 0 Å². The Kier molecular flexibility index (Phi) is 5.63. The van der Waals surface area contributed by atoms with Crippen molar-refractivity contribution in [2.45, 2.75) is 0 Å². The van der Waals surface area contributed by atoms with Crippen LogP contribution in [0.5, 0.6) is 0 Å². The van der Waals surface area contributed by atoms with Crippen LogP contribution in [0.25, 0.3) is 99.0 Å². The van der Waals surface area contributed by atoms with Crippen LogP contribution in [0.15, 0.2) is 170 Å². The minimum Gasteiger partial charge on any atom is -0.309 e. The number of benzene rings is 8. The zero-order chi connectivity index (χ0) is 32.8. The second-order valence-corrected chi connectivity index (χ2v) is 13.0. The highest BCUT2D eigenvalue weighted by Gasteiger charge is 2.21. The van der Waals surface area contributed by atoms with Gasteiger partial charge >= 0.3 is 0 Å². The molecule has 4 heteroatoms. The average molecular weight is 637 g/mol. The van der Waals surface area contributed by atoms with E-state index < -0.39 is 0 Å². The first-order chi connectivity index (χ1) is 24.8. The number of nitrogens with zero attached hydrogens (tertiary/aromatic N) is 4. The summed E-state index contributed by atoms with van der Waals surface area (Å²) in [5, 5.41) is 10.6. The largest absolute Gasteiger partial charge is 0.309 e. The van der Waals surface area contributed by atoms with Crippen LogP contribution in [0.4, 0.5) is 0 Å². The highest BCUT2D eigenvalue weighted by Crippen LogP contribution is 2.41. The van der Waals surface area contributed by atoms with E-state index >= 15 is 0 Å². The van der Waals surface area contributed by atoms with E-state index in [2.05, 4.69) is 179 Å². The molecule has 11 rings (SSSR count). The van der Waals surface area contributed by atoms with E-state index in [1.54, 1.807) is 0 Å². The van der Waals surface area contributed by atoms with Crippen molar-refractivity contribution in [3.63, 3.8) is 0 Å². The molecule has 0 spiro atoms. The predicted octanol–water partition coefficient (Wildman–Crippen LogP) is 11.8. The Balaban J connectivity index is 1.26. The first kappa shape index (κ1) is 27.2. The highest BCUT2D eigenvalue weighted by molar-refractivity contribution is 6.19. The van der Waals surface area contributed by atoms with Crippen LogP contribution in [0.3, 0.4) is 0 Å². The first-order valence-electron chi connectivity index (χ1n) is 17.0. The number of fused-ring (bicyclic) bond motifs is 9. The van der Waals surface area contributed by atoms with Crippen molar-refractivity contribution >= 4 is 76.1 Å². The molecule has 0 aliphatic heterocycles. The van der Waals surface area contributed by atoms with Crippen molar-refractivity contribution in [1.29, 1.82) is 0 Å². The van der Waals surface area contributed by atoms with Gasteiger partial charge < -0.3 is 4.57 Å². The molecular formula is C46H28N4. The van der Waals surface area contributed by atoms with Gasteiger partial charge in [0.05, 0.1) is 39.0 Å². The lowest BCUT2D eigenvalue weighted by atomic mass is 9.99. The molecule has 0 aliphatic rings. The number of rotatable bonds is 3. The van der Waals surface area contributed by atoms with Gasteiger partial charge in [-0.1, -0.05) is 133 Å². The Morgan fingerprint density at radius 2 is 0.860 bits per heavy atom. The number of para-hydroxylation sites is 3. The van der Waals surface area contributed by atoms with Crippen LogP contribution in [-0.4, -0.2) is 19.1 Å². The molecule has 0 atom stereocenters. The zero-order valence-corrected chi connectivity index (χ0v) is 27.0. The Morgan fingerprint density at radius 3 is 1.60 bits per heavy atom. The molecular weight excluding hydrogens is 609 g/mol. The van der Waals surface area contributed by atoms with E-state index in [0.717, 1.165) is 33.2 Å². The summed E-state index contributed by atoms with van der Waals surface area (Å²) in [4.78, 5) is 10.7. The molecule has 4 nitrogen and oxygen atoms in total.